The Morgan fingerprint density at radius 2 is 1.85 bits per heavy atom. The molecule has 1 heteroatoms. The second kappa shape index (κ2) is 4.95. The van der Waals surface area contributed by atoms with E-state index in [1.807, 2.05) is 55.5 Å². The van der Waals surface area contributed by atoms with Gasteiger partial charge in [0.25, 0.3) is 0 Å². The number of hydrogen-bond acceptors (Lipinski definition) is 1. The van der Waals surface area contributed by atoms with Crippen LogP contribution in [-0.4, -0.2) is 0 Å². The summed E-state index contributed by atoms with van der Waals surface area (Å²) in [6.45, 7) is 1.98. The molecule has 1 aromatic carbocycles. The van der Waals surface area contributed by atoms with E-state index in [1.165, 1.54) is 0 Å². The van der Waals surface area contributed by atoms with E-state index in [-0.39, 0.29) is 0 Å². The fourth-order valence-electron chi connectivity index (χ4n) is 0.947. The minimum atomic E-state index is 0.697. The highest BCUT2D eigenvalue weighted by Crippen LogP contribution is 2.04. The summed E-state index contributed by atoms with van der Waals surface area (Å²) in [6.07, 6.45) is 7.92. The monoisotopic (exact) mass is 169 g/mol. The zero-order valence-electron chi connectivity index (χ0n) is 7.57. The standard InChI is InChI=1S/C12H11N/c1-2-3-4-5-11-6-8-12(10-13)9-7-11/h2-9H,1H3/b3-2+,5-4+. The van der Waals surface area contributed by atoms with Crippen LogP contribution in [0.2, 0.25) is 0 Å². The average Bonchev–Trinajstić information content (AvgIpc) is 2.19. The van der Waals surface area contributed by atoms with Crippen molar-refractivity contribution in [3.63, 3.8) is 0 Å². The summed E-state index contributed by atoms with van der Waals surface area (Å²) in [6, 6.07) is 9.57. The van der Waals surface area contributed by atoms with E-state index in [9.17, 15) is 0 Å². The molecule has 0 saturated carbocycles. The van der Waals surface area contributed by atoms with Crippen LogP contribution in [0, 0.1) is 11.3 Å². The lowest BCUT2D eigenvalue weighted by Gasteiger charge is -1.91. The Morgan fingerprint density at radius 3 is 2.38 bits per heavy atom. The second-order valence-electron chi connectivity index (χ2n) is 2.62. The van der Waals surface area contributed by atoms with E-state index in [0.717, 1.165) is 5.56 Å². The molecule has 0 bridgehead atoms. The first-order valence-electron chi connectivity index (χ1n) is 4.16. The van der Waals surface area contributed by atoms with Crippen LogP contribution in [0.4, 0.5) is 0 Å². The Labute approximate surface area is 78.6 Å². The number of nitrogens with zero attached hydrogens (tertiary/aromatic N) is 1. The summed E-state index contributed by atoms with van der Waals surface area (Å²) in [4.78, 5) is 0. The molecule has 1 aromatic rings. The molecule has 1 nitrogen and oxygen atoms in total. The van der Waals surface area contributed by atoms with Gasteiger partial charge in [-0.1, -0.05) is 36.4 Å². The van der Waals surface area contributed by atoms with Crippen LogP contribution in [0.3, 0.4) is 0 Å². The van der Waals surface area contributed by atoms with Crippen molar-refractivity contribution in [3.8, 4) is 6.07 Å². The van der Waals surface area contributed by atoms with Gasteiger partial charge in [-0.05, 0) is 24.6 Å². The van der Waals surface area contributed by atoms with E-state index >= 15 is 0 Å². The Hall–Kier alpha value is -1.81. The van der Waals surface area contributed by atoms with E-state index < -0.39 is 0 Å². The second-order valence-corrected chi connectivity index (χ2v) is 2.62. The fourth-order valence-corrected chi connectivity index (χ4v) is 0.947. The van der Waals surface area contributed by atoms with Gasteiger partial charge in [0.1, 0.15) is 0 Å². The quantitative estimate of drug-likeness (QED) is 0.624. The molecule has 0 amide bonds. The van der Waals surface area contributed by atoms with Gasteiger partial charge in [-0.15, -0.1) is 0 Å². The summed E-state index contributed by atoms with van der Waals surface area (Å²) in [5.74, 6) is 0. The molecule has 0 heterocycles. The summed E-state index contributed by atoms with van der Waals surface area (Å²) in [7, 11) is 0. The van der Waals surface area contributed by atoms with Crippen molar-refractivity contribution in [1.82, 2.24) is 0 Å². The Kier molecular flexibility index (Phi) is 3.53. The molecule has 0 aliphatic heterocycles. The third kappa shape index (κ3) is 2.96. The van der Waals surface area contributed by atoms with Crippen molar-refractivity contribution in [3.05, 3.63) is 53.6 Å². The third-order valence-corrected chi connectivity index (χ3v) is 1.63. The van der Waals surface area contributed by atoms with Crippen molar-refractivity contribution in [1.29, 1.82) is 5.26 Å². The van der Waals surface area contributed by atoms with Crippen LogP contribution in [0.1, 0.15) is 18.1 Å². The van der Waals surface area contributed by atoms with Crippen molar-refractivity contribution in [2.75, 3.05) is 0 Å². The Morgan fingerprint density at radius 1 is 1.15 bits per heavy atom. The highest BCUT2D eigenvalue weighted by atomic mass is 14.2. The van der Waals surface area contributed by atoms with Gasteiger partial charge in [0.05, 0.1) is 11.6 Å². The molecule has 0 aliphatic rings. The molecule has 0 radical (unpaired) electrons. The van der Waals surface area contributed by atoms with Gasteiger partial charge in [-0.3, -0.25) is 0 Å². The molecule has 0 fully saturated rings. The lowest BCUT2D eigenvalue weighted by molar-refractivity contribution is 1.48. The molecular formula is C12H11N. The van der Waals surface area contributed by atoms with E-state index in [4.69, 9.17) is 5.26 Å². The maximum atomic E-state index is 8.56. The molecule has 0 aliphatic carbocycles. The Bertz CT molecular complexity index is 350. The van der Waals surface area contributed by atoms with Gasteiger partial charge in [0.2, 0.25) is 0 Å². The van der Waals surface area contributed by atoms with Crippen LogP contribution in [0.25, 0.3) is 6.08 Å². The molecule has 0 aromatic heterocycles. The zero-order chi connectivity index (χ0) is 9.52. The van der Waals surface area contributed by atoms with Crippen molar-refractivity contribution in [2.45, 2.75) is 6.92 Å². The van der Waals surface area contributed by atoms with Gasteiger partial charge in [0.15, 0.2) is 0 Å². The molecular weight excluding hydrogens is 158 g/mol. The predicted octanol–water partition coefficient (Wildman–Crippen LogP) is 3.15. The number of allylic oxidation sites excluding steroid dienone is 3. The minimum absolute atomic E-state index is 0.697. The van der Waals surface area contributed by atoms with Crippen LogP contribution in [0.15, 0.2) is 42.5 Å². The molecule has 0 unspecified atom stereocenters. The number of nitriles is 1. The third-order valence-electron chi connectivity index (χ3n) is 1.63. The first-order chi connectivity index (χ1) is 6.36. The number of rotatable bonds is 2. The highest BCUT2D eigenvalue weighted by molar-refractivity contribution is 5.52. The number of benzene rings is 1. The van der Waals surface area contributed by atoms with Gasteiger partial charge >= 0.3 is 0 Å². The maximum Gasteiger partial charge on any atom is 0.0991 e. The smallest absolute Gasteiger partial charge is 0.0991 e. The normalized spacial score (nSPS) is 10.8. The SMILES string of the molecule is C/C=C/C=C/c1ccc(C#N)cc1. The fraction of sp³-hybridized carbons (Fsp3) is 0.0833. The van der Waals surface area contributed by atoms with Crippen molar-refractivity contribution >= 4 is 6.08 Å². The summed E-state index contributed by atoms with van der Waals surface area (Å²) in [5.41, 5.74) is 1.81. The van der Waals surface area contributed by atoms with Gasteiger partial charge in [-0.2, -0.15) is 5.26 Å². The van der Waals surface area contributed by atoms with Crippen LogP contribution in [0.5, 0.6) is 0 Å². The molecule has 13 heavy (non-hydrogen) atoms. The predicted molar refractivity (Wildman–Crippen MR) is 55.0 cm³/mol. The molecule has 0 saturated heterocycles. The first-order valence-corrected chi connectivity index (χ1v) is 4.16. The largest absolute Gasteiger partial charge is 0.192 e. The van der Waals surface area contributed by atoms with E-state index in [0.29, 0.717) is 5.56 Å². The average molecular weight is 169 g/mol. The summed E-state index contributed by atoms with van der Waals surface area (Å²) < 4.78 is 0. The molecule has 0 atom stereocenters. The van der Waals surface area contributed by atoms with Crippen molar-refractivity contribution in [2.24, 2.45) is 0 Å². The first kappa shape index (κ1) is 9.28. The van der Waals surface area contributed by atoms with Crippen LogP contribution >= 0.6 is 0 Å². The topological polar surface area (TPSA) is 23.8 Å². The van der Waals surface area contributed by atoms with Gasteiger partial charge in [-0.25, -0.2) is 0 Å². The molecule has 0 spiro atoms. The van der Waals surface area contributed by atoms with E-state index in [1.54, 1.807) is 0 Å². The molecule has 0 N–H and O–H groups in total. The van der Waals surface area contributed by atoms with Gasteiger partial charge in [0, 0.05) is 0 Å². The number of hydrogen-bond donors (Lipinski definition) is 0. The minimum Gasteiger partial charge on any atom is -0.192 e. The maximum absolute atomic E-state index is 8.56. The summed E-state index contributed by atoms with van der Waals surface area (Å²) >= 11 is 0. The van der Waals surface area contributed by atoms with Crippen LogP contribution < -0.4 is 0 Å². The highest BCUT2D eigenvalue weighted by Gasteiger charge is 1.87. The summed E-state index contributed by atoms with van der Waals surface area (Å²) in [5, 5.41) is 8.56. The molecule has 1 rings (SSSR count). The van der Waals surface area contributed by atoms with Crippen LogP contribution in [-0.2, 0) is 0 Å². The molecule has 64 valence electrons. The van der Waals surface area contributed by atoms with Crippen molar-refractivity contribution < 1.29 is 0 Å². The lowest BCUT2D eigenvalue weighted by atomic mass is 10.1. The lowest BCUT2D eigenvalue weighted by Crippen LogP contribution is -1.74. The zero-order valence-corrected chi connectivity index (χ0v) is 7.57. The van der Waals surface area contributed by atoms with Gasteiger partial charge < -0.3 is 0 Å². The Balaban J connectivity index is 2.76. The van der Waals surface area contributed by atoms with E-state index in [2.05, 4.69) is 6.07 Å².